The lowest BCUT2D eigenvalue weighted by atomic mass is 10.1. The fourth-order valence-corrected chi connectivity index (χ4v) is 1.28. The van der Waals surface area contributed by atoms with Crippen LogP contribution >= 0.6 is 0 Å². The van der Waals surface area contributed by atoms with Crippen LogP contribution in [-0.2, 0) is 0 Å². The van der Waals surface area contributed by atoms with Gasteiger partial charge in [0.2, 0.25) is 0 Å². The number of nitrogens with one attached hydrogen (secondary N) is 1. The minimum absolute atomic E-state index is 0.0451. The molecule has 0 aliphatic rings. The van der Waals surface area contributed by atoms with Crippen LogP contribution in [0, 0.1) is 5.82 Å². The van der Waals surface area contributed by atoms with Gasteiger partial charge in [0.05, 0.1) is 5.69 Å². The highest BCUT2D eigenvalue weighted by Gasteiger charge is 2.12. The van der Waals surface area contributed by atoms with Crippen molar-refractivity contribution in [1.29, 1.82) is 0 Å². The number of phenols is 1. The summed E-state index contributed by atoms with van der Waals surface area (Å²) < 4.78 is 13.4. The van der Waals surface area contributed by atoms with Gasteiger partial charge in [-0.15, -0.1) is 0 Å². The molecule has 1 aromatic heterocycles. The molecule has 0 saturated heterocycles. The van der Waals surface area contributed by atoms with Gasteiger partial charge in [0.1, 0.15) is 17.3 Å². The molecule has 2 aromatic rings. The fourth-order valence-electron chi connectivity index (χ4n) is 1.28. The number of halogens is 1. The van der Waals surface area contributed by atoms with Crippen LogP contribution < -0.4 is 0 Å². The van der Waals surface area contributed by atoms with E-state index in [0.717, 1.165) is 6.07 Å². The first-order valence-corrected chi connectivity index (χ1v) is 4.35. The number of carboxylic acids is 1. The average molecular weight is 222 g/mol. The summed E-state index contributed by atoms with van der Waals surface area (Å²) in [5.74, 6) is -1.88. The van der Waals surface area contributed by atoms with E-state index in [1.54, 1.807) is 0 Å². The number of benzene rings is 1. The Hall–Kier alpha value is -2.37. The van der Waals surface area contributed by atoms with Gasteiger partial charge >= 0.3 is 5.97 Å². The summed E-state index contributed by atoms with van der Waals surface area (Å²) in [6, 6.07) is 4.65. The third-order valence-electron chi connectivity index (χ3n) is 2.03. The third-order valence-corrected chi connectivity index (χ3v) is 2.03. The Labute approximate surface area is 89.2 Å². The van der Waals surface area contributed by atoms with E-state index in [9.17, 15) is 14.3 Å². The van der Waals surface area contributed by atoms with Crippen molar-refractivity contribution in [2.45, 2.75) is 0 Å². The van der Waals surface area contributed by atoms with Crippen LogP contribution in [0.15, 0.2) is 24.3 Å². The van der Waals surface area contributed by atoms with E-state index in [1.165, 1.54) is 18.2 Å². The molecule has 0 spiro atoms. The van der Waals surface area contributed by atoms with Crippen molar-refractivity contribution in [1.82, 2.24) is 10.2 Å². The summed E-state index contributed by atoms with van der Waals surface area (Å²) in [5, 5.41) is 23.8. The van der Waals surface area contributed by atoms with Crippen LogP contribution in [0.2, 0.25) is 0 Å². The van der Waals surface area contributed by atoms with Crippen molar-refractivity contribution in [2.24, 2.45) is 0 Å². The largest absolute Gasteiger partial charge is 0.508 e. The number of phenolic OH excluding ortho intramolecular Hbond substituents is 1. The van der Waals surface area contributed by atoms with E-state index in [-0.39, 0.29) is 22.7 Å². The topological polar surface area (TPSA) is 86.2 Å². The van der Waals surface area contributed by atoms with E-state index in [2.05, 4.69) is 10.2 Å². The highest BCUT2D eigenvalue weighted by atomic mass is 19.1. The molecule has 5 nitrogen and oxygen atoms in total. The first-order valence-electron chi connectivity index (χ1n) is 4.35. The van der Waals surface area contributed by atoms with E-state index in [1.807, 2.05) is 0 Å². The maximum atomic E-state index is 13.4. The number of hydrogen-bond acceptors (Lipinski definition) is 3. The number of aromatic carboxylic acids is 1. The van der Waals surface area contributed by atoms with Crippen molar-refractivity contribution in [3.05, 3.63) is 35.8 Å². The minimum atomic E-state index is -1.18. The molecule has 0 bridgehead atoms. The molecule has 0 atom stereocenters. The van der Waals surface area contributed by atoms with Crippen molar-refractivity contribution < 1.29 is 19.4 Å². The molecule has 1 aromatic carbocycles. The average Bonchev–Trinajstić information content (AvgIpc) is 2.70. The van der Waals surface area contributed by atoms with Gasteiger partial charge < -0.3 is 10.2 Å². The molecule has 0 aliphatic heterocycles. The minimum Gasteiger partial charge on any atom is -0.508 e. The smallest absolute Gasteiger partial charge is 0.353 e. The molecule has 0 amide bonds. The standard InChI is InChI=1S/C10H7FN2O3/c11-7-2-1-5(14)3-6(7)8-4-9(10(15)16)13-12-8/h1-4,14H,(H,12,13)(H,15,16). The lowest BCUT2D eigenvalue weighted by Gasteiger charge is -1.99. The van der Waals surface area contributed by atoms with Gasteiger partial charge in [-0.1, -0.05) is 0 Å². The molecule has 0 radical (unpaired) electrons. The lowest BCUT2D eigenvalue weighted by Crippen LogP contribution is -1.95. The Balaban J connectivity index is 2.50. The summed E-state index contributed by atoms with van der Waals surface area (Å²) in [7, 11) is 0. The third kappa shape index (κ3) is 1.72. The van der Waals surface area contributed by atoms with Crippen LogP contribution in [0.1, 0.15) is 10.5 Å². The van der Waals surface area contributed by atoms with Gasteiger partial charge in [-0.3, -0.25) is 5.10 Å². The van der Waals surface area contributed by atoms with Crippen molar-refractivity contribution >= 4 is 5.97 Å². The van der Waals surface area contributed by atoms with E-state index in [4.69, 9.17) is 5.11 Å². The van der Waals surface area contributed by atoms with Gasteiger partial charge in [0.25, 0.3) is 0 Å². The fraction of sp³-hybridized carbons (Fsp3) is 0. The van der Waals surface area contributed by atoms with Gasteiger partial charge in [0.15, 0.2) is 0 Å². The summed E-state index contributed by atoms with van der Waals surface area (Å²) >= 11 is 0. The molecule has 0 fully saturated rings. The molecule has 0 unspecified atom stereocenters. The van der Waals surface area contributed by atoms with Gasteiger partial charge in [-0.2, -0.15) is 5.10 Å². The summed E-state index contributed by atoms with van der Waals surface area (Å²) in [6.45, 7) is 0. The zero-order valence-corrected chi connectivity index (χ0v) is 7.94. The second-order valence-corrected chi connectivity index (χ2v) is 3.14. The van der Waals surface area contributed by atoms with E-state index >= 15 is 0 Å². The van der Waals surface area contributed by atoms with Crippen molar-refractivity contribution in [3.8, 4) is 17.0 Å². The Bertz CT molecular complexity index is 551. The predicted molar refractivity (Wildman–Crippen MR) is 52.6 cm³/mol. The number of carbonyl (C=O) groups is 1. The molecule has 0 aliphatic carbocycles. The summed E-state index contributed by atoms with van der Waals surface area (Å²) in [6.07, 6.45) is 0. The van der Waals surface area contributed by atoms with E-state index in [0.29, 0.717) is 0 Å². The summed E-state index contributed by atoms with van der Waals surface area (Å²) in [4.78, 5) is 10.6. The lowest BCUT2D eigenvalue weighted by molar-refractivity contribution is 0.0690. The van der Waals surface area contributed by atoms with Crippen molar-refractivity contribution in [3.63, 3.8) is 0 Å². The molecule has 6 heteroatoms. The number of hydrogen-bond donors (Lipinski definition) is 3. The number of aromatic nitrogens is 2. The highest BCUT2D eigenvalue weighted by Crippen LogP contribution is 2.25. The molecule has 3 N–H and O–H groups in total. The number of aromatic hydroxyl groups is 1. The molecule has 82 valence electrons. The number of H-pyrrole nitrogens is 1. The maximum absolute atomic E-state index is 13.4. The highest BCUT2D eigenvalue weighted by molar-refractivity contribution is 5.86. The normalized spacial score (nSPS) is 10.3. The molecular formula is C10H7FN2O3. The van der Waals surface area contributed by atoms with Crippen molar-refractivity contribution in [2.75, 3.05) is 0 Å². The van der Waals surface area contributed by atoms with Gasteiger partial charge in [-0.05, 0) is 24.3 Å². The van der Waals surface area contributed by atoms with Crippen LogP contribution in [0.5, 0.6) is 5.75 Å². The Kier molecular flexibility index (Phi) is 2.32. The zero-order valence-electron chi connectivity index (χ0n) is 7.94. The second kappa shape index (κ2) is 3.65. The predicted octanol–water partition coefficient (Wildman–Crippen LogP) is 1.62. The molecule has 2 rings (SSSR count). The maximum Gasteiger partial charge on any atom is 0.353 e. The van der Waals surface area contributed by atoms with Gasteiger partial charge in [-0.25, -0.2) is 9.18 Å². The van der Waals surface area contributed by atoms with Crippen LogP contribution in [0.4, 0.5) is 4.39 Å². The zero-order chi connectivity index (χ0) is 11.7. The monoisotopic (exact) mass is 222 g/mol. The first-order chi connectivity index (χ1) is 7.58. The van der Waals surface area contributed by atoms with Crippen LogP contribution in [0.3, 0.4) is 0 Å². The molecule has 16 heavy (non-hydrogen) atoms. The van der Waals surface area contributed by atoms with Crippen LogP contribution in [0.25, 0.3) is 11.3 Å². The number of aromatic amines is 1. The number of rotatable bonds is 2. The second-order valence-electron chi connectivity index (χ2n) is 3.14. The number of carboxylic acid groups (broad SMARTS) is 1. The number of nitrogens with zero attached hydrogens (tertiary/aromatic N) is 1. The molecule has 0 saturated carbocycles. The Morgan fingerprint density at radius 3 is 2.75 bits per heavy atom. The molecule has 1 heterocycles. The summed E-state index contributed by atoms with van der Waals surface area (Å²) in [5.41, 5.74) is 0.0345. The Morgan fingerprint density at radius 1 is 1.38 bits per heavy atom. The Morgan fingerprint density at radius 2 is 2.12 bits per heavy atom. The van der Waals surface area contributed by atoms with E-state index < -0.39 is 11.8 Å². The van der Waals surface area contributed by atoms with Crippen LogP contribution in [-0.4, -0.2) is 26.4 Å². The quantitative estimate of drug-likeness (QED) is 0.720. The first kappa shape index (κ1) is 10.2. The van der Waals surface area contributed by atoms with Gasteiger partial charge in [0, 0.05) is 5.56 Å². The molecular weight excluding hydrogens is 215 g/mol. The SMILES string of the molecule is O=C(O)c1cc(-c2cc(O)ccc2F)n[nH]1.